The molecule has 0 atom stereocenters. The van der Waals surface area contributed by atoms with E-state index in [4.69, 9.17) is 0 Å². The lowest BCUT2D eigenvalue weighted by Gasteiger charge is -2.13. The van der Waals surface area contributed by atoms with E-state index in [0.717, 1.165) is 18.9 Å². The zero-order valence-corrected chi connectivity index (χ0v) is 13.4. The minimum Gasteiger partial charge on any atom is -0.383 e. The molecule has 0 saturated heterocycles. The monoisotopic (exact) mass is 331 g/mol. The number of nitro benzene ring substituents is 1. The van der Waals surface area contributed by atoms with Crippen LogP contribution in [0.25, 0.3) is 0 Å². The van der Waals surface area contributed by atoms with E-state index >= 15 is 0 Å². The highest BCUT2D eigenvalue weighted by atomic mass is 32.2. The van der Waals surface area contributed by atoms with Crippen molar-refractivity contribution in [3.05, 3.63) is 28.3 Å². The summed E-state index contributed by atoms with van der Waals surface area (Å²) >= 11 is 1.64. The summed E-state index contributed by atoms with van der Waals surface area (Å²) < 4.78 is 27.0. The molecular formula is C12H17N3O4S2. The average Bonchev–Trinajstić information content (AvgIpc) is 3.25. The number of anilines is 1. The van der Waals surface area contributed by atoms with Crippen molar-refractivity contribution in [2.45, 2.75) is 22.5 Å². The predicted octanol–water partition coefficient (Wildman–Crippen LogP) is 1.81. The summed E-state index contributed by atoms with van der Waals surface area (Å²) in [6.45, 7) is 0.345. The summed E-state index contributed by atoms with van der Waals surface area (Å²) in [6.07, 6.45) is 3.92. The van der Waals surface area contributed by atoms with Gasteiger partial charge >= 0.3 is 0 Å². The van der Waals surface area contributed by atoms with E-state index in [9.17, 15) is 18.5 Å². The van der Waals surface area contributed by atoms with Crippen LogP contribution in [0.5, 0.6) is 0 Å². The summed E-state index contributed by atoms with van der Waals surface area (Å²) in [5, 5.41) is 13.7. The summed E-state index contributed by atoms with van der Waals surface area (Å²) in [5.74, 6) is 0. The Kier molecular flexibility index (Phi) is 4.45. The first-order valence-electron chi connectivity index (χ1n) is 6.34. The number of benzene rings is 1. The first kappa shape index (κ1) is 16.1. The van der Waals surface area contributed by atoms with Crippen molar-refractivity contribution in [1.29, 1.82) is 0 Å². The summed E-state index contributed by atoms with van der Waals surface area (Å²) in [6, 6.07) is 3.83. The third-order valence-corrected chi connectivity index (χ3v) is 6.39. The molecule has 0 radical (unpaired) electrons. The smallest absolute Gasteiger partial charge is 0.293 e. The van der Waals surface area contributed by atoms with Gasteiger partial charge in [0.1, 0.15) is 5.69 Å². The first-order chi connectivity index (χ1) is 9.83. The Labute approximate surface area is 127 Å². The number of rotatable bonds is 7. The van der Waals surface area contributed by atoms with Crippen LogP contribution in [0.1, 0.15) is 12.8 Å². The molecule has 0 aliphatic heterocycles. The first-order valence-corrected chi connectivity index (χ1v) is 9.05. The Hall–Kier alpha value is -1.32. The number of hydrogen-bond donors (Lipinski definition) is 2. The molecule has 1 aliphatic rings. The van der Waals surface area contributed by atoms with E-state index in [-0.39, 0.29) is 21.0 Å². The molecule has 2 N–H and O–H groups in total. The maximum absolute atomic E-state index is 12.2. The van der Waals surface area contributed by atoms with E-state index in [1.54, 1.807) is 18.8 Å². The van der Waals surface area contributed by atoms with Crippen molar-refractivity contribution < 1.29 is 13.3 Å². The molecule has 2 rings (SSSR count). The third kappa shape index (κ3) is 3.47. The number of thioether (sulfide) groups is 1. The maximum atomic E-state index is 12.2. The molecule has 1 fully saturated rings. The standard InChI is InChI=1S/C12H17N3O4S2/c1-13-10-4-3-9(7-11(10)15(16)17)21(18,19)14-8-12(20-2)5-6-12/h3-4,7,13-14H,5-6,8H2,1-2H3. The van der Waals surface area contributed by atoms with Gasteiger partial charge in [0.25, 0.3) is 5.69 Å². The molecule has 21 heavy (non-hydrogen) atoms. The van der Waals surface area contributed by atoms with E-state index < -0.39 is 14.9 Å². The fraction of sp³-hybridized carbons (Fsp3) is 0.500. The lowest BCUT2D eigenvalue weighted by atomic mass is 10.3. The number of nitro groups is 1. The van der Waals surface area contributed by atoms with Gasteiger partial charge in [-0.15, -0.1) is 0 Å². The highest BCUT2D eigenvalue weighted by Crippen LogP contribution is 2.46. The van der Waals surface area contributed by atoms with Crippen LogP contribution < -0.4 is 10.0 Å². The number of sulfonamides is 1. The topological polar surface area (TPSA) is 101 Å². The molecule has 0 aromatic heterocycles. The van der Waals surface area contributed by atoms with Gasteiger partial charge in [0.15, 0.2) is 0 Å². The zero-order chi connectivity index (χ0) is 15.7. The SMILES string of the molecule is CNc1ccc(S(=O)(=O)NCC2(SC)CC2)cc1[N+](=O)[O-]. The van der Waals surface area contributed by atoms with Crippen molar-refractivity contribution in [3.63, 3.8) is 0 Å². The molecule has 0 spiro atoms. The van der Waals surface area contributed by atoms with E-state index in [0.29, 0.717) is 6.54 Å². The largest absolute Gasteiger partial charge is 0.383 e. The van der Waals surface area contributed by atoms with Gasteiger partial charge in [-0.25, -0.2) is 13.1 Å². The van der Waals surface area contributed by atoms with Gasteiger partial charge in [-0.3, -0.25) is 10.1 Å². The average molecular weight is 331 g/mol. The fourth-order valence-corrected chi connectivity index (χ4v) is 3.91. The quantitative estimate of drug-likeness (QED) is 0.584. The minimum atomic E-state index is -3.74. The van der Waals surface area contributed by atoms with Crippen molar-refractivity contribution in [2.24, 2.45) is 0 Å². The van der Waals surface area contributed by atoms with Gasteiger partial charge in [-0.05, 0) is 31.2 Å². The molecule has 1 saturated carbocycles. The summed E-state index contributed by atoms with van der Waals surface area (Å²) in [4.78, 5) is 10.3. The highest BCUT2D eigenvalue weighted by molar-refractivity contribution is 8.00. The van der Waals surface area contributed by atoms with Crippen molar-refractivity contribution >= 4 is 33.2 Å². The predicted molar refractivity (Wildman–Crippen MR) is 83.3 cm³/mol. The van der Waals surface area contributed by atoms with Crippen LogP contribution in [-0.2, 0) is 10.0 Å². The van der Waals surface area contributed by atoms with Gasteiger partial charge < -0.3 is 5.32 Å². The van der Waals surface area contributed by atoms with Crippen LogP contribution in [0.15, 0.2) is 23.1 Å². The second-order valence-electron chi connectivity index (χ2n) is 4.90. The second kappa shape index (κ2) is 5.82. The molecule has 116 valence electrons. The fourth-order valence-electron chi connectivity index (χ4n) is 1.94. The molecule has 9 heteroatoms. The lowest BCUT2D eigenvalue weighted by Crippen LogP contribution is -2.31. The van der Waals surface area contributed by atoms with Crippen molar-refractivity contribution in [1.82, 2.24) is 4.72 Å². The Morgan fingerprint density at radius 1 is 1.43 bits per heavy atom. The highest BCUT2D eigenvalue weighted by Gasteiger charge is 2.42. The van der Waals surface area contributed by atoms with Gasteiger partial charge in [-0.2, -0.15) is 11.8 Å². The van der Waals surface area contributed by atoms with E-state index in [1.807, 2.05) is 6.26 Å². The van der Waals surface area contributed by atoms with Gasteiger partial charge in [0, 0.05) is 24.4 Å². The van der Waals surface area contributed by atoms with E-state index in [1.165, 1.54) is 12.1 Å². The van der Waals surface area contributed by atoms with Gasteiger partial charge in [0.05, 0.1) is 9.82 Å². The van der Waals surface area contributed by atoms with E-state index in [2.05, 4.69) is 10.0 Å². The van der Waals surface area contributed by atoms with Crippen LogP contribution in [-0.4, -0.2) is 37.9 Å². The molecule has 1 aromatic carbocycles. The Morgan fingerprint density at radius 3 is 2.57 bits per heavy atom. The Bertz CT molecular complexity index is 656. The molecule has 0 amide bonds. The van der Waals surface area contributed by atoms with Crippen LogP contribution in [0.2, 0.25) is 0 Å². The third-order valence-electron chi connectivity index (χ3n) is 3.57. The molecular weight excluding hydrogens is 314 g/mol. The molecule has 1 aliphatic carbocycles. The van der Waals surface area contributed by atoms with Crippen molar-refractivity contribution in [2.75, 3.05) is 25.2 Å². The van der Waals surface area contributed by atoms with Crippen LogP contribution in [0, 0.1) is 10.1 Å². The minimum absolute atomic E-state index is 0.0100. The molecule has 1 aromatic rings. The maximum Gasteiger partial charge on any atom is 0.293 e. The van der Waals surface area contributed by atoms with Crippen LogP contribution >= 0.6 is 11.8 Å². The van der Waals surface area contributed by atoms with Crippen LogP contribution in [0.3, 0.4) is 0 Å². The number of nitrogens with zero attached hydrogens (tertiary/aromatic N) is 1. The van der Waals surface area contributed by atoms with Gasteiger partial charge in [0.2, 0.25) is 10.0 Å². The number of nitrogens with one attached hydrogen (secondary N) is 2. The zero-order valence-electron chi connectivity index (χ0n) is 11.8. The molecule has 7 nitrogen and oxygen atoms in total. The van der Waals surface area contributed by atoms with Crippen LogP contribution in [0.4, 0.5) is 11.4 Å². The summed E-state index contributed by atoms with van der Waals surface area (Å²) in [7, 11) is -2.19. The molecule has 0 heterocycles. The summed E-state index contributed by atoms with van der Waals surface area (Å²) in [5.41, 5.74) is 0.0214. The second-order valence-corrected chi connectivity index (χ2v) is 7.94. The molecule has 0 unspecified atom stereocenters. The van der Waals surface area contributed by atoms with Crippen molar-refractivity contribution in [3.8, 4) is 0 Å². The Morgan fingerprint density at radius 2 is 2.10 bits per heavy atom. The van der Waals surface area contributed by atoms with Gasteiger partial charge in [-0.1, -0.05) is 0 Å². The lowest BCUT2D eigenvalue weighted by molar-refractivity contribution is -0.384. The normalized spacial score (nSPS) is 16.5. The molecule has 0 bridgehead atoms. The Balaban J connectivity index is 2.23. The number of hydrogen-bond acceptors (Lipinski definition) is 6.